The second-order valence-corrected chi connectivity index (χ2v) is 7.72. The number of alkyl halides is 3. The van der Waals surface area contributed by atoms with Crippen molar-refractivity contribution in [2.75, 3.05) is 25.4 Å². The van der Waals surface area contributed by atoms with Crippen LogP contribution in [-0.2, 0) is 6.18 Å². The summed E-state index contributed by atoms with van der Waals surface area (Å²) in [5, 5.41) is 0. The summed E-state index contributed by atoms with van der Waals surface area (Å²) in [7, 11) is 0. The van der Waals surface area contributed by atoms with E-state index >= 15 is 0 Å². The molecule has 1 aliphatic heterocycles. The lowest BCUT2D eigenvalue weighted by Crippen LogP contribution is -2.47. The second-order valence-electron chi connectivity index (χ2n) is 5.92. The van der Waals surface area contributed by atoms with Crippen LogP contribution in [0.3, 0.4) is 0 Å². The van der Waals surface area contributed by atoms with Crippen LogP contribution in [0.2, 0.25) is 0 Å². The first-order valence-electron chi connectivity index (χ1n) is 6.99. The van der Waals surface area contributed by atoms with Gasteiger partial charge in [-0.1, -0.05) is 18.2 Å². The molecule has 6 heteroatoms. The molecule has 1 fully saturated rings. The van der Waals surface area contributed by atoms with Gasteiger partial charge < -0.3 is 5.73 Å². The Morgan fingerprint density at radius 3 is 2.57 bits per heavy atom. The molecule has 1 atom stereocenters. The summed E-state index contributed by atoms with van der Waals surface area (Å²) in [5.74, 6) is 0.914. The van der Waals surface area contributed by atoms with Gasteiger partial charge in [0, 0.05) is 36.2 Å². The van der Waals surface area contributed by atoms with E-state index in [9.17, 15) is 13.2 Å². The highest BCUT2D eigenvalue weighted by molar-refractivity contribution is 8.00. The number of halogens is 3. The van der Waals surface area contributed by atoms with Crippen LogP contribution in [0.5, 0.6) is 0 Å². The van der Waals surface area contributed by atoms with Crippen LogP contribution < -0.4 is 5.73 Å². The van der Waals surface area contributed by atoms with E-state index in [1.54, 1.807) is 12.1 Å². The molecule has 0 spiro atoms. The van der Waals surface area contributed by atoms with Crippen molar-refractivity contribution < 1.29 is 13.2 Å². The van der Waals surface area contributed by atoms with E-state index in [-0.39, 0.29) is 22.9 Å². The van der Waals surface area contributed by atoms with Gasteiger partial charge in [-0.25, -0.2) is 0 Å². The van der Waals surface area contributed by atoms with E-state index in [2.05, 4.69) is 18.7 Å². The molecule has 21 heavy (non-hydrogen) atoms. The number of rotatable bonds is 3. The molecule has 0 amide bonds. The Bertz CT molecular complexity index is 488. The Labute approximate surface area is 127 Å². The normalized spacial score (nSPS) is 21.2. The van der Waals surface area contributed by atoms with Gasteiger partial charge in [0.25, 0.3) is 0 Å². The van der Waals surface area contributed by atoms with Crippen LogP contribution in [0.1, 0.15) is 31.0 Å². The molecule has 0 bridgehead atoms. The van der Waals surface area contributed by atoms with Gasteiger partial charge in [0.15, 0.2) is 0 Å². The summed E-state index contributed by atoms with van der Waals surface area (Å²) in [4.78, 5) is 2.08. The predicted molar refractivity (Wildman–Crippen MR) is 81.3 cm³/mol. The van der Waals surface area contributed by atoms with Gasteiger partial charge in [0.2, 0.25) is 0 Å². The maximum absolute atomic E-state index is 13.2. The summed E-state index contributed by atoms with van der Waals surface area (Å²) >= 11 is 1.85. The third-order valence-electron chi connectivity index (χ3n) is 3.74. The molecule has 0 aromatic heterocycles. The summed E-state index contributed by atoms with van der Waals surface area (Å²) in [6.45, 7) is 5.93. The maximum atomic E-state index is 13.2. The van der Waals surface area contributed by atoms with Crippen molar-refractivity contribution in [1.82, 2.24) is 4.90 Å². The smallest absolute Gasteiger partial charge is 0.329 e. The van der Waals surface area contributed by atoms with Gasteiger partial charge >= 0.3 is 6.18 Å². The molecule has 2 N–H and O–H groups in total. The Balaban J connectivity index is 2.34. The Kier molecular flexibility index (Phi) is 4.90. The lowest BCUT2D eigenvalue weighted by Gasteiger charge is -2.42. The zero-order valence-electron chi connectivity index (χ0n) is 12.3. The molecule has 1 heterocycles. The van der Waals surface area contributed by atoms with Gasteiger partial charge in [-0.15, -0.1) is 0 Å². The molecular weight excluding hydrogens is 297 g/mol. The topological polar surface area (TPSA) is 29.3 Å². The number of benzene rings is 1. The standard InChI is InChI=1S/C15H21F3N2S/c1-14(2)10-20(7-8-21-14)13(9-19)11-5-3-4-6-12(11)15(16,17)18/h3-6,13H,7-10,19H2,1-2H3. The van der Waals surface area contributed by atoms with E-state index in [0.717, 1.165) is 24.9 Å². The molecule has 1 unspecified atom stereocenters. The lowest BCUT2D eigenvalue weighted by atomic mass is 9.97. The first-order chi connectivity index (χ1) is 9.74. The number of hydrogen-bond donors (Lipinski definition) is 1. The zero-order valence-corrected chi connectivity index (χ0v) is 13.1. The van der Waals surface area contributed by atoms with Crippen LogP contribution in [0, 0.1) is 0 Å². The number of nitrogens with zero attached hydrogens (tertiary/aromatic N) is 1. The summed E-state index contributed by atoms with van der Waals surface area (Å²) in [6, 6.07) is 5.38. The van der Waals surface area contributed by atoms with Crippen molar-refractivity contribution in [3.8, 4) is 0 Å². The molecule has 2 rings (SSSR count). The van der Waals surface area contributed by atoms with Gasteiger partial charge in [-0.2, -0.15) is 24.9 Å². The van der Waals surface area contributed by atoms with Crippen LogP contribution >= 0.6 is 11.8 Å². The van der Waals surface area contributed by atoms with Crippen molar-refractivity contribution in [3.05, 3.63) is 35.4 Å². The average Bonchev–Trinajstić information content (AvgIpc) is 2.38. The zero-order chi connectivity index (χ0) is 15.7. The van der Waals surface area contributed by atoms with Crippen molar-refractivity contribution >= 4 is 11.8 Å². The Morgan fingerprint density at radius 1 is 1.33 bits per heavy atom. The van der Waals surface area contributed by atoms with E-state index < -0.39 is 11.7 Å². The number of nitrogens with two attached hydrogens (primary N) is 1. The first kappa shape index (κ1) is 16.6. The number of hydrogen-bond acceptors (Lipinski definition) is 3. The lowest BCUT2D eigenvalue weighted by molar-refractivity contribution is -0.138. The fraction of sp³-hybridized carbons (Fsp3) is 0.600. The third-order valence-corrected chi connectivity index (χ3v) is 5.04. The molecule has 0 saturated carbocycles. The summed E-state index contributed by atoms with van der Waals surface area (Å²) in [5.41, 5.74) is 5.54. The Hall–Kier alpha value is -0.720. The van der Waals surface area contributed by atoms with Crippen LogP contribution in [0.4, 0.5) is 13.2 Å². The molecule has 0 radical (unpaired) electrons. The molecule has 2 nitrogen and oxygen atoms in total. The molecule has 1 saturated heterocycles. The van der Waals surface area contributed by atoms with Crippen LogP contribution in [-0.4, -0.2) is 35.0 Å². The minimum Gasteiger partial charge on any atom is -0.329 e. The SMILES string of the molecule is CC1(C)CN(C(CN)c2ccccc2C(F)(F)F)CCS1. The minimum atomic E-state index is -4.34. The molecule has 1 aromatic rings. The fourth-order valence-corrected chi connectivity index (χ4v) is 3.97. The molecular formula is C15H21F3N2S. The van der Waals surface area contributed by atoms with Crippen molar-refractivity contribution in [1.29, 1.82) is 0 Å². The molecule has 118 valence electrons. The molecule has 1 aromatic carbocycles. The van der Waals surface area contributed by atoms with Gasteiger partial charge in [0.1, 0.15) is 0 Å². The summed E-state index contributed by atoms with van der Waals surface area (Å²) < 4.78 is 39.6. The Morgan fingerprint density at radius 2 is 2.00 bits per heavy atom. The van der Waals surface area contributed by atoms with Gasteiger partial charge in [-0.05, 0) is 25.5 Å². The monoisotopic (exact) mass is 318 g/mol. The number of thioether (sulfide) groups is 1. The average molecular weight is 318 g/mol. The van der Waals surface area contributed by atoms with Gasteiger partial charge in [0.05, 0.1) is 5.56 Å². The predicted octanol–water partition coefficient (Wildman–Crippen LogP) is 3.53. The quantitative estimate of drug-likeness (QED) is 0.924. The second kappa shape index (κ2) is 6.18. The first-order valence-corrected chi connectivity index (χ1v) is 7.97. The van der Waals surface area contributed by atoms with Crippen molar-refractivity contribution in [3.63, 3.8) is 0 Å². The van der Waals surface area contributed by atoms with E-state index in [4.69, 9.17) is 5.73 Å². The highest BCUT2D eigenvalue weighted by Gasteiger charge is 2.38. The maximum Gasteiger partial charge on any atom is 0.416 e. The van der Waals surface area contributed by atoms with Gasteiger partial charge in [-0.3, -0.25) is 4.90 Å². The van der Waals surface area contributed by atoms with E-state index in [0.29, 0.717) is 0 Å². The minimum absolute atomic E-state index is 0.0405. The van der Waals surface area contributed by atoms with E-state index in [1.807, 2.05) is 11.8 Å². The molecule has 1 aliphatic rings. The van der Waals surface area contributed by atoms with Crippen molar-refractivity contribution in [2.24, 2.45) is 5.73 Å². The highest BCUT2D eigenvalue weighted by Crippen LogP contribution is 2.38. The van der Waals surface area contributed by atoms with Crippen LogP contribution in [0.15, 0.2) is 24.3 Å². The molecule has 0 aliphatic carbocycles. The fourth-order valence-electron chi connectivity index (χ4n) is 2.84. The highest BCUT2D eigenvalue weighted by atomic mass is 32.2. The summed E-state index contributed by atoms with van der Waals surface area (Å²) in [6.07, 6.45) is -4.34. The van der Waals surface area contributed by atoms with E-state index in [1.165, 1.54) is 6.07 Å². The third kappa shape index (κ3) is 3.93. The van der Waals surface area contributed by atoms with Crippen molar-refractivity contribution in [2.45, 2.75) is 30.8 Å². The largest absolute Gasteiger partial charge is 0.416 e. The van der Waals surface area contributed by atoms with Crippen LogP contribution in [0.25, 0.3) is 0 Å².